The van der Waals surface area contributed by atoms with Crippen LogP contribution in [0.3, 0.4) is 0 Å². The van der Waals surface area contributed by atoms with Crippen molar-refractivity contribution in [1.29, 1.82) is 0 Å². The van der Waals surface area contributed by atoms with Crippen molar-refractivity contribution in [3.05, 3.63) is 55.6 Å². The summed E-state index contributed by atoms with van der Waals surface area (Å²) in [6, 6.07) is 0. The quantitative estimate of drug-likeness (QED) is 0.444. The Morgan fingerprint density at radius 1 is 0.636 bits per heavy atom. The highest BCUT2D eigenvalue weighted by Gasteiger charge is 2.47. The van der Waals surface area contributed by atoms with Gasteiger partial charge in [0.05, 0.1) is 10.8 Å². The van der Waals surface area contributed by atoms with E-state index in [1.807, 2.05) is 13.8 Å². The van der Waals surface area contributed by atoms with Gasteiger partial charge >= 0.3 is 5.97 Å². The molecule has 0 aliphatic heterocycles. The number of fused-ring (bicyclic) bond motifs is 3. The van der Waals surface area contributed by atoms with Crippen molar-refractivity contribution in [3.63, 3.8) is 0 Å². The van der Waals surface area contributed by atoms with E-state index < -0.39 is 5.41 Å². The van der Waals surface area contributed by atoms with Gasteiger partial charge in [-0.15, -0.1) is 0 Å². The maximum Gasteiger partial charge on any atom is 0.312 e. The highest BCUT2D eigenvalue weighted by atomic mass is 16.5. The van der Waals surface area contributed by atoms with Crippen LogP contribution < -0.4 is 0 Å². The molecule has 0 unspecified atom stereocenters. The van der Waals surface area contributed by atoms with E-state index in [0.29, 0.717) is 6.61 Å². The number of carbonyl (C=O) groups excluding carboxylic acids is 1. The maximum atomic E-state index is 13.4. The molecule has 0 amide bonds. The van der Waals surface area contributed by atoms with Gasteiger partial charge in [-0.05, 0) is 148 Å². The number of ether oxygens (including phenoxy) is 1. The van der Waals surface area contributed by atoms with Gasteiger partial charge < -0.3 is 4.74 Å². The van der Waals surface area contributed by atoms with Gasteiger partial charge in [0.1, 0.15) is 6.61 Å². The minimum absolute atomic E-state index is 0.123. The van der Waals surface area contributed by atoms with Gasteiger partial charge in [-0.1, -0.05) is 20.8 Å². The molecule has 3 rings (SSSR count). The first-order valence-electron chi connectivity index (χ1n) is 12.3. The highest BCUT2D eigenvalue weighted by molar-refractivity contribution is 5.90. The van der Waals surface area contributed by atoms with Crippen molar-refractivity contribution < 1.29 is 9.53 Å². The summed E-state index contributed by atoms with van der Waals surface area (Å²) in [4.78, 5) is 13.4. The SMILES string of the molecule is Cc1c(C)c(C)c2c(c1C)-c1c(C)c(C)c(C)c(C)c1C2(C)COC(=O)C(C)(C)C(C)(C)C. The zero-order chi connectivity index (χ0) is 25.4. The lowest BCUT2D eigenvalue weighted by atomic mass is 9.69. The van der Waals surface area contributed by atoms with Crippen molar-refractivity contribution in [1.82, 2.24) is 0 Å². The van der Waals surface area contributed by atoms with Crippen molar-refractivity contribution in [2.45, 2.75) is 102 Å². The second kappa shape index (κ2) is 7.72. The first-order valence-corrected chi connectivity index (χ1v) is 12.3. The number of benzene rings is 2. The lowest BCUT2D eigenvalue weighted by Crippen LogP contribution is -2.41. The smallest absolute Gasteiger partial charge is 0.312 e. The summed E-state index contributed by atoms with van der Waals surface area (Å²) < 4.78 is 6.23. The molecule has 1 aliphatic carbocycles. The molecule has 2 aromatic rings. The predicted octanol–water partition coefficient (Wildman–Crippen LogP) is 8.06. The van der Waals surface area contributed by atoms with E-state index in [0.717, 1.165) is 0 Å². The molecule has 0 saturated carbocycles. The van der Waals surface area contributed by atoms with Crippen LogP contribution in [0.1, 0.15) is 97.2 Å². The Morgan fingerprint density at radius 2 is 0.970 bits per heavy atom. The molecule has 0 spiro atoms. The minimum Gasteiger partial charge on any atom is -0.464 e. The van der Waals surface area contributed by atoms with E-state index in [1.54, 1.807) is 0 Å². The largest absolute Gasteiger partial charge is 0.464 e. The zero-order valence-corrected chi connectivity index (χ0v) is 23.5. The molecule has 0 heterocycles. The second-order valence-electron chi connectivity index (χ2n) is 12.3. The summed E-state index contributed by atoms with van der Waals surface area (Å²) in [6.45, 7) is 30.9. The van der Waals surface area contributed by atoms with Crippen LogP contribution in [0.5, 0.6) is 0 Å². The highest BCUT2D eigenvalue weighted by Crippen LogP contribution is 2.56. The third-order valence-electron chi connectivity index (χ3n) is 9.61. The summed E-state index contributed by atoms with van der Waals surface area (Å²) >= 11 is 0. The summed E-state index contributed by atoms with van der Waals surface area (Å²) in [5.74, 6) is -0.123. The zero-order valence-electron chi connectivity index (χ0n) is 23.5. The fourth-order valence-electron chi connectivity index (χ4n) is 5.60. The van der Waals surface area contributed by atoms with E-state index in [9.17, 15) is 4.79 Å². The van der Waals surface area contributed by atoms with E-state index in [4.69, 9.17) is 4.74 Å². The molecule has 0 N–H and O–H groups in total. The normalized spacial score (nSPS) is 14.8. The molecule has 2 nitrogen and oxygen atoms in total. The van der Waals surface area contributed by atoms with Crippen LogP contribution in [0.15, 0.2) is 0 Å². The van der Waals surface area contributed by atoms with Gasteiger partial charge in [0.25, 0.3) is 0 Å². The van der Waals surface area contributed by atoms with Gasteiger partial charge in [-0.2, -0.15) is 0 Å². The average molecular weight is 449 g/mol. The van der Waals surface area contributed by atoms with Crippen molar-refractivity contribution in [2.24, 2.45) is 10.8 Å². The monoisotopic (exact) mass is 448 g/mol. The Balaban J connectivity index is 2.32. The summed E-state index contributed by atoms with van der Waals surface area (Å²) in [5.41, 5.74) is 15.0. The van der Waals surface area contributed by atoms with Crippen LogP contribution in [-0.4, -0.2) is 12.6 Å². The molecule has 180 valence electrons. The molecule has 0 saturated heterocycles. The third kappa shape index (κ3) is 3.39. The second-order valence-corrected chi connectivity index (χ2v) is 12.3. The maximum absolute atomic E-state index is 13.4. The Hall–Kier alpha value is -2.09. The van der Waals surface area contributed by atoms with E-state index >= 15 is 0 Å². The minimum atomic E-state index is -0.573. The lowest BCUT2D eigenvalue weighted by Gasteiger charge is -2.38. The van der Waals surface area contributed by atoms with Crippen molar-refractivity contribution in [2.75, 3.05) is 6.61 Å². The summed E-state index contributed by atoms with van der Waals surface area (Å²) in [5, 5.41) is 0. The van der Waals surface area contributed by atoms with Crippen LogP contribution in [0.2, 0.25) is 0 Å². The number of hydrogen-bond donors (Lipinski definition) is 0. The van der Waals surface area contributed by atoms with Gasteiger partial charge in [0.15, 0.2) is 0 Å². The van der Waals surface area contributed by atoms with Crippen LogP contribution in [0.4, 0.5) is 0 Å². The average Bonchev–Trinajstić information content (AvgIpc) is 3.00. The van der Waals surface area contributed by atoms with E-state index in [1.165, 1.54) is 66.8 Å². The summed E-state index contributed by atoms with van der Waals surface area (Å²) in [7, 11) is 0. The molecular formula is C31H44O2. The molecule has 1 aliphatic rings. The van der Waals surface area contributed by atoms with Crippen molar-refractivity contribution in [3.8, 4) is 11.1 Å². The molecule has 0 aromatic heterocycles. The first-order chi connectivity index (χ1) is 14.9. The molecule has 0 atom stereocenters. The standard InChI is InChI=1S/C31H44O2/c1-16-18(3)22(7)26-24(20(16)5)25-21(6)17(2)19(4)23(8)27(25)31(26,14)15-33-28(32)30(12,13)29(9,10)11/h15H2,1-14H3. The number of carbonyl (C=O) groups is 1. The van der Waals surface area contributed by atoms with Crippen LogP contribution in [0.25, 0.3) is 11.1 Å². The van der Waals surface area contributed by atoms with Crippen molar-refractivity contribution >= 4 is 5.97 Å². The number of esters is 1. The Bertz CT molecular complexity index is 1100. The molecule has 2 heteroatoms. The van der Waals surface area contributed by atoms with Gasteiger partial charge in [-0.3, -0.25) is 4.79 Å². The predicted molar refractivity (Wildman–Crippen MR) is 140 cm³/mol. The fourth-order valence-corrected chi connectivity index (χ4v) is 5.60. The van der Waals surface area contributed by atoms with Gasteiger partial charge in [0, 0.05) is 0 Å². The molecule has 0 bridgehead atoms. The molecule has 0 fully saturated rings. The Labute approximate surface area is 202 Å². The molecule has 0 radical (unpaired) electrons. The van der Waals surface area contributed by atoms with Crippen LogP contribution in [-0.2, 0) is 14.9 Å². The first kappa shape index (κ1) is 25.5. The Kier molecular flexibility index (Phi) is 5.97. The number of hydrogen-bond acceptors (Lipinski definition) is 2. The lowest BCUT2D eigenvalue weighted by molar-refractivity contribution is -0.161. The molecule has 33 heavy (non-hydrogen) atoms. The van der Waals surface area contributed by atoms with Gasteiger partial charge in [-0.25, -0.2) is 0 Å². The van der Waals surface area contributed by atoms with Gasteiger partial charge in [0.2, 0.25) is 0 Å². The van der Waals surface area contributed by atoms with E-state index in [-0.39, 0.29) is 16.8 Å². The molecule has 2 aromatic carbocycles. The third-order valence-corrected chi connectivity index (χ3v) is 9.61. The molecular weight excluding hydrogens is 404 g/mol. The Morgan fingerprint density at radius 3 is 1.30 bits per heavy atom. The van der Waals surface area contributed by atoms with Crippen LogP contribution >= 0.6 is 0 Å². The fraction of sp³-hybridized carbons (Fsp3) is 0.581. The van der Waals surface area contributed by atoms with Crippen LogP contribution in [0, 0.1) is 66.2 Å². The summed E-state index contributed by atoms with van der Waals surface area (Å²) in [6.07, 6.45) is 0. The van der Waals surface area contributed by atoms with E-state index in [2.05, 4.69) is 83.1 Å². The topological polar surface area (TPSA) is 26.3 Å². The number of rotatable bonds is 3.